The van der Waals surface area contributed by atoms with Crippen molar-refractivity contribution in [3.63, 3.8) is 0 Å². The van der Waals surface area contributed by atoms with Crippen molar-refractivity contribution in [2.45, 2.75) is 0 Å². The third kappa shape index (κ3) is 2.97. The van der Waals surface area contributed by atoms with Gasteiger partial charge >= 0.3 is 5.69 Å². The van der Waals surface area contributed by atoms with Crippen LogP contribution in [0.25, 0.3) is 0 Å². The average molecular weight is 274 g/mol. The Balaban J connectivity index is 2.29. The lowest BCUT2D eigenvalue weighted by molar-refractivity contribution is -0.385. The van der Waals surface area contributed by atoms with Crippen LogP contribution >= 0.6 is 0 Å². The van der Waals surface area contributed by atoms with E-state index in [2.05, 4.69) is 5.32 Å². The number of hydrogen-bond acceptors (Lipinski definition) is 5. The molecule has 0 heterocycles. The number of nitrogens with zero attached hydrogens (tertiary/aromatic N) is 1. The first-order valence-corrected chi connectivity index (χ1v) is 5.92. The summed E-state index contributed by atoms with van der Waals surface area (Å²) < 4.78 is 10.5. The number of methoxy groups -OCH3 is 1. The highest BCUT2D eigenvalue weighted by Crippen LogP contribution is 2.34. The number of rotatable bonds is 5. The van der Waals surface area contributed by atoms with Gasteiger partial charge in [-0.05, 0) is 36.4 Å². The fourth-order valence-electron chi connectivity index (χ4n) is 1.67. The zero-order valence-electron chi connectivity index (χ0n) is 11.1. The lowest BCUT2D eigenvalue weighted by Crippen LogP contribution is -1.95. The lowest BCUT2D eigenvalue weighted by atomic mass is 10.2. The van der Waals surface area contributed by atoms with Gasteiger partial charge in [-0.2, -0.15) is 0 Å². The van der Waals surface area contributed by atoms with Crippen molar-refractivity contribution in [1.82, 2.24) is 0 Å². The number of anilines is 1. The van der Waals surface area contributed by atoms with E-state index in [0.717, 1.165) is 5.69 Å². The van der Waals surface area contributed by atoms with Gasteiger partial charge in [-0.15, -0.1) is 0 Å². The van der Waals surface area contributed by atoms with Crippen LogP contribution in [0.1, 0.15) is 0 Å². The average Bonchev–Trinajstić information content (AvgIpc) is 2.48. The Kier molecular flexibility index (Phi) is 4.05. The molecule has 0 aliphatic rings. The first kappa shape index (κ1) is 13.7. The molecule has 6 nitrogen and oxygen atoms in total. The zero-order chi connectivity index (χ0) is 14.5. The Hall–Kier alpha value is -2.76. The first-order chi connectivity index (χ1) is 9.63. The molecule has 0 unspecified atom stereocenters. The predicted molar refractivity (Wildman–Crippen MR) is 75.7 cm³/mol. The summed E-state index contributed by atoms with van der Waals surface area (Å²) in [7, 11) is 3.26. The van der Waals surface area contributed by atoms with E-state index in [0.29, 0.717) is 11.5 Å². The van der Waals surface area contributed by atoms with Gasteiger partial charge in [-0.3, -0.25) is 10.1 Å². The van der Waals surface area contributed by atoms with Crippen molar-refractivity contribution in [2.75, 3.05) is 19.5 Å². The predicted octanol–water partition coefficient (Wildman–Crippen LogP) is 3.44. The van der Waals surface area contributed by atoms with Crippen molar-refractivity contribution in [3.05, 3.63) is 52.6 Å². The van der Waals surface area contributed by atoms with Crippen LogP contribution in [0.15, 0.2) is 42.5 Å². The van der Waals surface area contributed by atoms with Crippen LogP contribution in [0.4, 0.5) is 11.4 Å². The standard InChI is InChI=1S/C14H14N2O4/c1-15-10-3-5-11(6-4-10)20-14-8-7-12(19-2)9-13(14)16(17)18/h3-9,15H,1-2H3. The highest BCUT2D eigenvalue weighted by Gasteiger charge is 2.17. The molecule has 0 saturated heterocycles. The number of ether oxygens (including phenoxy) is 2. The molecule has 0 fully saturated rings. The van der Waals surface area contributed by atoms with Gasteiger partial charge in [0, 0.05) is 12.7 Å². The molecule has 0 radical (unpaired) electrons. The van der Waals surface area contributed by atoms with E-state index in [1.54, 1.807) is 18.2 Å². The van der Waals surface area contributed by atoms with Crippen molar-refractivity contribution in [2.24, 2.45) is 0 Å². The normalized spacial score (nSPS) is 9.90. The Labute approximate surface area is 116 Å². The molecule has 0 saturated carbocycles. The smallest absolute Gasteiger partial charge is 0.315 e. The summed E-state index contributed by atoms with van der Waals surface area (Å²) in [5, 5.41) is 14.0. The maximum absolute atomic E-state index is 11.0. The molecule has 104 valence electrons. The van der Waals surface area contributed by atoms with Crippen molar-refractivity contribution >= 4 is 11.4 Å². The number of hydrogen-bond donors (Lipinski definition) is 1. The fraction of sp³-hybridized carbons (Fsp3) is 0.143. The summed E-state index contributed by atoms with van der Waals surface area (Å²) in [6.45, 7) is 0. The molecule has 2 aromatic carbocycles. The number of nitro groups is 1. The van der Waals surface area contributed by atoms with E-state index >= 15 is 0 Å². The van der Waals surface area contributed by atoms with Gasteiger partial charge in [0.1, 0.15) is 11.5 Å². The Bertz CT molecular complexity index is 611. The van der Waals surface area contributed by atoms with Crippen LogP contribution in [0.3, 0.4) is 0 Å². The molecule has 0 aliphatic heterocycles. The molecule has 1 N–H and O–H groups in total. The molecule has 2 aromatic rings. The molecule has 0 spiro atoms. The van der Waals surface area contributed by atoms with Crippen LogP contribution in [0, 0.1) is 10.1 Å². The van der Waals surface area contributed by atoms with Crippen LogP contribution in [-0.4, -0.2) is 19.1 Å². The molecule has 0 amide bonds. The van der Waals surface area contributed by atoms with Crippen LogP contribution in [-0.2, 0) is 0 Å². The quantitative estimate of drug-likeness (QED) is 0.667. The van der Waals surface area contributed by atoms with Crippen molar-refractivity contribution in [1.29, 1.82) is 0 Å². The molecule has 0 aromatic heterocycles. The number of benzene rings is 2. The second-order valence-corrected chi connectivity index (χ2v) is 3.97. The van der Waals surface area contributed by atoms with Gasteiger partial charge in [0.2, 0.25) is 5.75 Å². The Morgan fingerprint density at radius 2 is 1.75 bits per heavy atom. The van der Waals surface area contributed by atoms with Gasteiger partial charge in [0.05, 0.1) is 18.1 Å². The van der Waals surface area contributed by atoms with Gasteiger partial charge in [0.25, 0.3) is 0 Å². The molecular formula is C14H14N2O4. The summed E-state index contributed by atoms with van der Waals surface area (Å²) in [5.74, 6) is 1.11. The van der Waals surface area contributed by atoms with Crippen molar-refractivity contribution in [3.8, 4) is 17.2 Å². The summed E-state index contributed by atoms with van der Waals surface area (Å²) >= 11 is 0. The lowest BCUT2D eigenvalue weighted by Gasteiger charge is -2.08. The minimum atomic E-state index is -0.500. The van der Waals surface area contributed by atoms with Crippen LogP contribution in [0.2, 0.25) is 0 Å². The van der Waals surface area contributed by atoms with Gasteiger partial charge in [0.15, 0.2) is 0 Å². The van der Waals surface area contributed by atoms with Crippen LogP contribution in [0.5, 0.6) is 17.2 Å². The minimum absolute atomic E-state index is 0.137. The Morgan fingerprint density at radius 1 is 1.10 bits per heavy atom. The van der Waals surface area contributed by atoms with E-state index < -0.39 is 4.92 Å². The van der Waals surface area contributed by atoms with E-state index in [1.165, 1.54) is 19.2 Å². The number of nitrogens with one attached hydrogen (secondary N) is 1. The number of nitro benzene ring substituents is 1. The summed E-state index contributed by atoms with van der Waals surface area (Å²) in [6.07, 6.45) is 0. The Morgan fingerprint density at radius 3 is 2.30 bits per heavy atom. The topological polar surface area (TPSA) is 73.6 Å². The monoisotopic (exact) mass is 274 g/mol. The molecule has 0 atom stereocenters. The maximum Gasteiger partial charge on any atom is 0.315 e. The molecule has 2 rings (SSSR count). The SMILES string of the molecule is CNc1ccc(Oc2ccc(OC)cc2[N+](=O)[O-])cc1. The van der Waals surface area contributed by atoms with E-state index in [4.69, 9.17) is 9.47 Å². The first-order valence-electron chi connectivity index (χ1n) is 5.92. The summed E-state index contributed by atoms with van der Waals surface area (Å²) in [4.78, 5) is 10.5. The largest absolute Gasteiger partial charge is 0.496 e. The zero-order valence-corrected chi connectivity index (χ0v) is 11.1. The summed E-state index contributed by atoms with van der Waals surface area (Å²) in [6, 6.07) is 11.6. The van der Waals surface area contributed by atoms with Gasteiger partial charge in [-0.25, -0.2) is 0 Å². The second kappa shape index (κ2) is 5.92. The van der Waals surface area contributed by atoms with Crippen LogP contribution < -0.4 is 14.8 Å². The molecule has 0 aliphatic carbocycles. The fourth-order valence-corrected chi connectivity index (χ4v) is 1.67. The third-order valence-electron chi connectivity index (χ3n) is 2.73. The second-order valence-electron chi connectivity index (χ2n) is 3.97. The highest BCUT2D eigenvalue weighted by molar-refractivity contribution is 5.53. The molecule has 20 heavy (non-hydrogen) atoms. The van der Waals surface area contributed by atoms with Gasteiger partial charge in [-0.1, -0.05) is 0 Å². The van der Waals surface area contributed by atoms with E-state index in [9.17, 15) is 10.1 Å². The maximum atomic E-state index is 11.0. The minimum Gasteiger partial charge on any atom is -0.496 e. The third-order valence-corrected chi connectivity index (χ3v) is 2.73. The van der Waals surface area contributed by atoms with E-state index in [-0.39, 0.29) is 11.4 Å². The van der Waals surface area contributed by atoms with Gasteiger partial charge < -0.3 is 14.8 Å². The summed E-state index contributed by atoms with van der Waals surface area (Å²) in [5.41, 5.74) is 0.795. The highest BCUT2D eigenvalue weighted by atomic mass is 16.6. The van der Waals surface area contributed by atoms with Crippen molar-refractivity contribution < 1.29 is 14.4 Å². The molecule has 6 heteroatoms. The van der Waals surface area contributed by atoms with E-state index in [1.807, 2.05) is 19.2 Å². The molecule has 0 bridgehead atoms. The molecular weight excluding hydrogens is 260 g/mol.